The highest BCUT2D eigenvalue weighted by Gasteiger charge is 2.00. The average molecular weight is 231 g/mol. The van der Waals surface area contributed by atoms with Crippen LogP contribution in [0.4, 0.5) is 0 Å². The monoisotopic (exact) mass is 231 g/mol. The molecule has 0 heterocycles. The van der Waals surface area contributed by atoms with Crippen LogP contribution in [-0.2, 0) is 0 Å². The first-order chi connectivity index (χ1) is 7.74. The van der Waals surface area contributed by atoms with E-state index in [-0.39, 0.29) is 0 Å². The highest BCUT2D eigenvalue weighted by molar-refractivity contribution is 7.80. The van der Waals surface area contributed by atoms with Crippen molar-refractivity contribution in [3.05, 3.63) is 35.4 Å². The van der Waals surface area contributed by atoms with Crippen molar-refractivity contribution in [3.8, 4) is 6.07 Å². The third-order valence-electron chi connectivity index (χ3n) is 2.57. The molecule has 0 bridgehead atoms. The van der Waals surface area contributed by atoms with Crippen molar-refractivity contribution in [3.63, 3.8) is 0 Å². The summed E-state index contributed by atoms with van der Waals surface area (Å²) < 4.78 is 0. The molecule has 0 radical (unpaired) electrons. The van der Waals surface area contributed by atoms with Crippen molar-refractivity contribution < 1.29 is 0 Å². The van der Waals surface area contributed by atoms with E-state index < -0.39 is 0 Å². The predicted molar refractivity (Wildman–Crippen MR) is 71.6 cm³/mol. The van der Waals surface area contributed by atoms with Crippen LogP contribution < -0.4 is 0 Å². The molecule has 0 fully saturated rings. The summed E-state index contributed by atoms with van der Waals surface area (Å²) in [5.41, 5.74) is 2.43. The predicted octanol–water partition coefficient (Wildman–Crippen LogP) is 4.19. The molecular formula is C14H17NS. The standard InChI is InChI=1S/C14H17NS/c1-12-7-9-13(10-8-12)14(16)6-4-2-3-5-11-15/h7-10H,2-6H2,1H3. The first-order valence-electron chi connectivity index (χ1n) is 5.71. The number of hydrogen-bond donors (Lipinski definition) is 0. The van der Waals surface area contributed by atoms with Gasteiger partial charge in [-0.3, -0.25) is 0 Å². The van der Waals surface area contributed by atoms with E-state index in [4.69, 9.17) is 17.5 Å². The lowest BCUT2D eigenvalue weighted by atomic mass is 10.0. The van der Waals surface area contributed by atoms with Gasteiger partial charge in [-0.25, -0.2) is 0 Å². The Balaban J connectivity index is 2.30. The summed E-state index contributed by atoms with van der Waals surface area (Å²) in [6, 6.07) is 10.5. The number of nitrogens with zero attached hydrogens (tertiary/aromatic N) is 1. The number of rotatable bonds is 6. The lowest BCUT2D eigenvalue weighted by molar-refractivity contribution is 0.712. The second kappa shape index (κ2) is 7.14. The molecule has 0 saturated heterocycles. The number of hydrogen-bond acceptors (Lipinski definition) is 2. The zero-order chi connectivity index (χ0) is 11.8. The summed E-state index contributed by atoms with van der Waals surface area (Å²) in [6.45, 7) is 2.08. The van der Waals surface area contributed by atoms with Crippen molar-refractivity contribution >= 4 is 17.1 Å². The van der Waals surface area contributed by atoms with E-state index >= 15 is 0 Å². The maximum Gasteiger partial charge on any atom is 0.0621 e. The number of unbranched alkanes of at least 4 members (excludes halogenated alkanes) is 3. The lowest BCUT2D eigenvalue weighted by Gasteiger charge is -2.04. The molecule has 0 aliphatic heterocycles. The summed E-state index contributed by atoms with van der Waals surface area (Å²) >= 11 is 5.38. The molecule has 84 valence electrons. The fourth-order valence-corrected chi connectivity index (χ4v) is 1.83. The van der Waals surface area contributed by atoms with Crippen molar-refractivity contribution in [2.24, 2.45) is 0 Å². The van der Waals surface area contributed by atoms with Crippen LogP contribution in [0.2, 0.25) is 0 Å². The molecule has 1 rings (SSSR count). The summed E-state index contributed by atoms with van der Waals surface area (Å²) in [5, 5.41) is 8.40. The quantitative estimate of drug-likeness (QED) is 0.416. The minimum atomic E-state index is 0.664. The maximum atomic E-state index is 8.40. The summed E-state index contributed by atoms with van der Waals surface area (Å²) in [6.07, 6.45) is 4.81. The molecule has 1 nitrogen and oxygen atoms in total. The minimum Gasteiger partial charge on any atom is -0.198 e. The Morgan fingerprint density at radius 3 is 2.50 bits per heavy atom. The van der Waals surface area contributed by atoms with Crippen LogP contribution in [-0.4, -0.2) is 4.86 Å². The van der Waals surface area contributed by atoms with Crippen LogP contribution >= 0.6 is 12.2 Å². The third kappa shape index (κ3) is 4.55. The fraction of sp³-hybridized carbons (Fsp3) is 0.429. The molecule has 0 amide bonds. The van der Waals surface area contributed by atoms with Crippen molar-refractivity contribution in [1.82, 2.24) is 0 Å². The van der Waals surface area contributed by atoms with E-state index in [2.05, 4.69) is 37.3 Å². The highest BCUT2D eigenvalue weighted by Crippen LogP contribution is 2.11. The van der Waals surface area contributed by atoms with E-state index in [0.29, 0.717) is 6.42 Å². The Hall–Kier alpha value is -1.20. The molecule has 16 heavy (non-hydrogen) atoms. The molecule has 0 aliphatic rings. The van der Waals surface area contributed by atoms with Gasteiger partial charge in [0, 0.05) is 11.3 Å². The molecule has 0 aliphatic carbocycles. The van der Waals surface area contributed by atoms with Crippen LogP contribution in [0.5, 0.6) is 0 Å². The fourth-order valence-electron chi connectivity index (χ4n) is 1.55. The van der Waals surface area contributed by atoms with Gasteiger partial charge in [-0.15, -0.1) is 0 Å². The largest absolute Gasteiger partial charge is 0.198 e. The van der Waals surface area contributed by atoms with Gasteiger partial charge in [0.05, 0.1) is 6.07 Å². The van der Waals surface area contributed by atoms with E-state index in [1.165, 1.54) is 11.1 Å². The topological polar surface area (TPSA) is 23.8 Å². The first-order valence-corrected chi connectivity index (χ1v) is 6.11. The molecule has 0 spiro atoms. The molecule has 0 unspecified atom stereocenters. The molecular weight excluding hydrogens is 214 g/mol. The maximum absolute atomic E-state index is 8.40. The summed E-state index contributed by atoms with van der Waals surface area (Å²) in [5.74, 6) is 0. The number of benzene rings is 1. The van der Waals surface area contributed by atoms with Gasteiger partial charge in [0.2, 0.25) is 0 Å². The van der Waals surface area contributed by atoms with Crippen molar-refractivity contribution in [2.45, 2.75) is 39.0 Å². The molecule has 0 saturated carbocycles. The van der Waals surface area contributed by atoms with Crippen LogP contribution in [0, 0.1) is 18.3 Å². The second-order valence-electron chi connectivity index (χ2n) is 4.01. The van der Waals surface area contributed by atoms with Gasteiger partial charge < -0.3 is 0 Å². The lowest BCUT2D eigenvalue weighted by Crippen LogP contribution is -1.97. The minimum absolute atomic E-state index is 0.664. The Kier molecular flexibility index (Phi) is 5.74. The van der Waals surface area contributed by atoms with E-state index in [1.807, 2.05) is 0 Å². The van der Waals surface area contributed by atoms with Gasteiger partial charge in [-0.1, -0.05) is 48.5 Å². The Morgan fingerprint density at radius 1 is 1.19 bits per heavy atom. The van der Waals surface area contributed by atoms with Crippen LogP contribution in [0.25, 0.3) is 0 Å². The van der Waals surface area contributed by atoms with Gasteiger partial charge >= 0.3 is 0 Å². The van der Waals surface area contributed by atoms with Gasteiger partial charge in [-0.05, 0) is 31.7 Å². The SMILES string of the molecule is Cc1ccc(C(=S)CCCCCC#N)cc1. The van der Waals surface area contributed by atoms with E-state index in [0.717, 1.165) is 30.5 Å². The Morgan fingerprint density at radius 2 is 1.88 bits per heavy atom. The smallest absolute Gasteiger partial charge is 0.0621 e. The molecule has 0 N–H and O–H groups in total. The normalized spacial score (nSPS) is 9.75. The van der Waals surface area contributed by atoms with Crippen LogP contribution in [0.1, 0.15) is 43.2 Å². The number of aryl methyl sites for hydroxylation is 1. The number of nitriles is 1. The summed E-state index contributed by atoms with van der Waals surface area (Å²) in [4.78, 5) is 1.04. The van der Waals surface area contributed by atoms with Gasteiger partial charge in [0.15, 0.2) is 0 Å². The average Bonchev–Trinajstić information content (AvgIpc) is 2.29. The molecule has 2 heteroatoms. The van der Waals surface area contributed by atoms with Crippen LogP contribution in [0.3, 0.4) is 0 Å². The van der Waals surface area contributed by atoms with E-state index in [1.54, 1.807) is 0 Å². The first kappa shape index (κ1) is 12.9. The molecule has 1 aromatic carbocycles. The van der Waals surface area contributed by atoms with Gasteiger partial charge in [-0.2, -0.15) is 5.26 Å². The number of thiocarbonyl (C=S) groups is 1. The Bertz CT molecular complexity index is 373. The Labute approximate surface area is 103 Å². The van der Waals surface area contributed by atoms with Crippen molar-refractivity contribution in [1.29, 1.82) is 5.26 Å². The molecule has 1 aromatic rings. The van der Waals surface area contributed by atoms with Gasteiger partial charge in [0.25, 0.3) is 0 Å². The zero-order valence-corrected chi connectivity index (χ0v) is 10.5. The molecule has 0 aromatic heterocycles. The van der Waals surface area contributed by atoms with Crippen LogP contribution in [0.15, 0.2) is 24.3 Å². The zero-order valence-electron chi connectivity index (χ0n) is 9.70. The molecule has 0 atom stereocenters. The van der Waals surface area contributed by atoms with Gasteiger partial charge in [0.1, 0.15) is 0 Å². The van der Waals surface area contributed by atoms with Crippen molar-refractivity contribution in [2.75, 3.05) is 0 Å². The highest BCUT2D eigenvalue weighted by atomic mass is 32.1. The third-order valence-corrected chi connectivity index (χ3v) is 3.01. The second-order valence-corrected chi connectivity index (χ2v) is 4.50. The van der Waals surface area contributed by atoms with E-state index in [9.17, 15) is 0 Å². The summed E-state index contributed by atoms with van der Waals surface area (Å²) in [7, 11) is 0.